The molecule has 5 nitrogen and oxygen atoms in total. The molecule has 1 fully saturated rings. The van der Waals surface area contributed by atoms with E-state index in [9.17, 15) is 9.59 Å². The highest BCUT2D eigenvalue weighted by Gasteiger charge is 2.23. The van der Waals surface area contributed by atoms with Crippen molar-refractivity contribution in [2.75, 3.05) is 5.32 Å². The highest BCUT2D eigenvalue weighted by atomic mass is 35.5. The van der Waals surface area contributed by atoms with E-state index in [2.05, 4.69) is 10.6 Å². The molecule has 0 aliphatic heterocycles. The van der Waals surface area contributed by atoms with Gasteiger partial charge in [0, 0.05) is 17.3 Å². The molecule has 1 saturated carbocycles. The minimum atomic E-state index is -0.620. The summed E-state index contributed by atoms with van der Waals surface area (Å²) in [5.74, 6) is -0.315. The fourth-order valence-corrected chi connectivity index (χ4v) is 2.40. The van der Waals surface area contributed by atoms with E-state index in [-0.39, 0.29) is 24.2 Å². The number of anilines is 1. The van der Waals surface area contributed by atoms with Crippen molar-refractivity contribution in [2.45, 2.75) is 31.3 Å². The number of carbonyl (C=O) groups excluding carboxylic acids is 2. The Kier molecular flexibility index (Phi) is 6.56. The first-order chi connectivity index (χ1) is 11.6. The fraction of sp³-hybridized carbons (Fsp3) is 0.263. The maximum atomic E-state index is 12.2. The van der Waals surface area contributed by atoms with Crippen LogP contribution < -0.4 is 16.4 Å². The van der Waals surface area contributed by atoms with Crippen LogP contribution in [0.1, 0.15) is 28.8 Å². The van der Waals surface area contributed by atoms with Crippen LogP contribution in [0.3, 0.4) is 0 Å². The molecule has 1 aliphatic rings. The third-order valence-electron chi connectivity index (χ3n) is 3.96. The molecule has 2 amide bonds. The predicted molar refractivity (Wildman–Crippen MR) is 101 cm³/mol. The van der Waals surface area contributed by atoms with Crippen LogP contribution in [0, 0.1) is 0 Å². The largest absolute Gasteiger partial charge is 0.349 e. The third kappa shape index (κ3) is 5.59. The molecule has 3 rings (SSSR count). The molecule has 0 bridgehead atoms. The zero-order valence-electron chi connectivity index (χ0n) is 13.8. The molecule has 0 aromatic heterocycles. The second-order valence-electron chi connectivity index (χ2n) is 6.11. The molecule has 132 valence electrons. The predicted octanol–water partition coefficient (Wildman–Crippen LogP) is 2.51. The Hall–Kier alpha value is -2.37. The number of halogens is 1. The lowest BCUT2D eigenvalue weighted by Crippen LogP contribution is -2.37. The van der Waals surface area contributed by atoms with Crippen LogP contribution in [0.15, 0.2) is 54.6 Å². The Bertz CT molecular complexity index is 715. The van der Waals surface area contributed by atoms with Gasteiger partial charge in [-0.25, -0.2) is 0 Å². The average molecular weight is 360 g/mol. The summed E-state index contributed by atoms with van der Waals surface area (Å²) in [6, 6.07) is 16.2. The molecule has 0 unspecified atom stereocenters. The first-order valence-electron chi connectivity index (χ1n) is 8.13. The van der Waals surface area contributed by atoms with Gasteiger partial charge in [-0.1, -0.05) is 30.3 Å². The van der Waals surface area contributed by atoms with Gasteiger partial charge in [-0.3, -0.25) is 9.59 Å². The van der Waals surface area contributed by atoms with Crippen molar-refractivity contribution in [3.05, 3.63) is 65.7 Å². The smallest absolute Gasteiger partial charge is 0.251 e. The Morgan fingerprint density at radius 3 is 2.28 bits per heavy atom. The van der Waals surface area contributed by atoms with Crippen molar-refractivity contribution < 1.29 is 9.59 Å². The summed E-state index contributed by atoms with van der Waals surface area (Å²) in [5, 5.41) is 5.72. The van der Waals surface area contributed by atoms with Gasteiger partial charge in [0.2, 0.25) is 5.91 Å². The zero-order chi connectivity index (χ0) is 16.9. The molecule has 0 saturated heterocycles. The fourth-order valence-electron chi connectivity index (χ4n) is 2.40. The zero-order valence-corrected chi connectivity index (χ0v) is 14.6. The van der Waals surface area contributed by atoms with Gasteiger partial charge in [0.1, 0.15) is 0 Å². The molecule has 0 spiro atoms. The molecule has 6 heteroatoms. The van der Waals surface area contributed by atoms with E-state index < -0.39 is 6.04 Å². The van der Waals surface area contributed by atoms with E-state index in [0.29, 0.717) is 23.7 Å². The van der Waals surface area contributed by atoms with Crippen LogP contribution in [0.2, 0.25) is 0 Å². The average Bonchev–Trinajstić information content (AvgIpc) is 3.40. The molecule has 1 atom stereocenters. The SMILES string of the molecule is Cl.N[C@@H](Cc1ccccc1)C(=O)Nc1ccc(C(=O)NC2CC2)cc1. The molecule has 2 aromatic rings. The summed E-state index contributed by atoms with van der Waals surface area (Å²) in [7, 11) is 0. The summed E-state index contributed by atoms with van der Waals surface area (Å²) in [6.07, 6.45) is 2.59. The monoisotopic (exact) mass is 359 g/mol. The molecule has 4 N–H and O–H groups in total. The van der Waals surface area contributed by atoms with Gasteiger partial charge in [0.15, 0.2) is 0 Å². The molecule has 1 aliphatic carbocycles. The van der Waals surface area contributed by atoms with Crippen molar-refractivity contribution in [2.24, 2.45) is 5.73 Å². The summed E-state index contributed by atoms with van der Waals surface area (Å²) in [4.78, 5) is 24.1. The van der Waals surface area contributed by atoms with Crippen LogP contribution in [0.4, 0.5) is 5.69 Å². The van der Waals surface area contributed by atoms with Crippen molar-refractivity contribution in [1.82, 2.24) is 5.32 Å². The summed E-state index contributed by atoms with van der Waals surface area (Å²) in [6.45, 7) is 0. The minimum Gasteiger partial charge on any atom is -0.349 e. The molecular weight excluding hydrogens is 338 g/mol. The van der Waals surface area contributed by atoms with Crippen LogP contribution in [-0.4, -0.2) is 23.9 Å². The van der Waals surface area contributed by atoms with Gasteiger partial charge in [-0.2, -0.15) is 0 Å². The second-order valence-corrected chi connectivity index (χ2v) is 6.11. The van der Waals surface area contributed by atoms with Crippen molar-refractivity contribution in [1.29, 1.82) is 0 Å². The first kappa shape index (κ1) is 19.0. The number of benzene rings is 2. The van der Waals surface area contributed by atoms with E-state index in [1.165, 1.54) is 0 Å². The number of nitrogens with one attached hydrogen (secondary N) is 2. The van der Waals surface area contributed by atoms with Gasteiger partial charge >= 0.3 is 0 Å². The van der Waals surface area contributed by atoms with Gasteiger partial charge in [0.05, 0.1) is 6.04 Å². The maximum Gasteiger partial charge on any atom is 0.251 e. The van der Waals surface area contributed by atoms with Crippen molar-refractivity contribution in [3.63, 3.8) is 0 Å². The number of nitrogens with two attached hydrogens (primary N) is 1. The lowest BCUT2D eigenvalue weighted by molar-refractivity contribution is -0.117. The number of hydrogen-bond acceptors (Lipinski definition) is 3. The summed E-state index contributed by atoms with van der Waals surface area (Å²) >= 11 is 0. The Morgan fingerprint density at radius 2 is 1.68 bits per heavy atom. The van der Waals surface area contributed by atoms with Gasteiger partial charge in [0.25, 0.3) is 5.91 Å². The number of rotatable bonds is 6. The quantitative estimate of drug-likeness (QED) is 0.741. The van der Waals surface area contributed by atoms with Gasteiger partial charge in [-0.05, 0) is 49.1 Å². The highest BCUT2D eigenvalue weighted by Crippen LogP contribution is 2.19. The highest BCUT2D eigenvalue weighted by molar-refractivity contribution is 5.97. The van der Waals surface area contributed by atoms with Gasteiger partial charge in [-0.15, -0.1) is 12.4 Å². The lowest BCUT2D eigenvalue weighted by Gasteiger charge is -2.13. The van der Waals surface area contributed by atoms with Crippen molar-refractivity contribution >= 4 is 29.9 Å². The Labute approximate surface area is 153 Å². The Morgan fingerprint density at radius 1 is 1.04 bits per heavy atom. The van der Waals surface area contributed by atoms with E-state index in [0.717, 1.165) is 18.4 Å². The van der Waals surface area contributed by atoms with Gasteiger partial charge < -0.3 is 16.4 Å². The summed E-state index contributed by atoms with van der Waals surface area (Å²) in [5.41, 5.74) is 8.20. The van der Waals surface area contributed by atoms with Crippen LogP contribution in [0.5, 0.6) is 0 Å². The third-order valence-corrected chi connectivity index (χ3v) is 3.96. The topological polar surface area (TPSA) is 84.2 Å². The maximum absolute atomic E-state index is 12.2. The van der Waals surface area contributed by atoms with E-state index in [1.54, 1.807) is 24.3 Å². The lowest BCUT2D eigenvalue weighted by atomic mass is 10.1. The minimum absolute atomic E-state index is 0. The Balaban J connectivity index is 0.00000225. The van der Waals surface area contributed by atoms with Crippen LogP contribution in [0.25, 0.3) is 0 Å². The second kappa shape index (κ2) is 8.65. The van der Waals surface area contributed by atoms with E-state index >= 15 is 0 Å². The first-order valence-corrected chi connectivity index (χ1v) is 8.13. The number of carbonyl (C=O) groups is 2. The molecule has 25 heavy (non-hydrogen) atoms. The number of hydrogen-bond donors (Lipinski definition) is 3. The van der Waals surface area contributed by atoms with Crippen LogP contribution in [-0.2, 0) is 11.2 Å². The normalized spacial score (nSPS) is 14.1. The van der Waals surface area contributed by atoms with E-state index in [1.807, 2.05) is 30.3 Å². The number of amides is 2. The molecule has 0 heterocycles. The van der Waals surface area contributed by atoms with Crippen LogP contribution >= 0.6 is 12.4 Å². The van der Waals surface area contributed by atoms with E-state index in [4.69, 9.17) is 5.73 Å². The van der Waals surface area contributed by atoms with Crippen molar-refractivity contribution in [3.8, 4) is 0 Å². The summed E-state index contributed by atoms with van der Waals surface area (Å²) < 4.78 is 0. The molecule has 2 aromatic carbocycles. The molecule has 0 radical (unpaired) electrons. The standard InChI is InChI=1S/C19H21N3O2.ClH/c20-17(12-13-4-2-1-3-5-13)19(24)22-15-8-6-14(7-9-15)18(23)21-16-10-11-16;/h1-9,16-17H,10-12,20H2,(H,21,23)(H,22,24);1H/t17-;/m0./s1. The molecular formula is C19H22ClN3O2.